The van der Waals surface area contributed by atoms with E-state index >= 15 is 0 Å². The number of aliphatic imine (C=N–C) groups is 1. The van der Waals surface area contributed by atoms with Gasteiger partial charge in [0.2, 0.25) is 0 Å². The zero-order valence-corrected chi connectivity index (χ0v) is 16.9. The second-order valence-electron chi connectivity index (χ2n) is 5.33. The van der Waals surface area contributed by atoms with Gasteiger partial charge in [0.1, 0.15) is 0 Å². The number of rotatable bonds is 6. The Bertz CT molecular complexity index is 731. The Morgan fingerprint density at radius 2 is 2.04 bits per heavy atom. The van der Waals surface area contributed by atoms with Gasteiger partial charge in [0, 0.05) is 29.2 Å². The van der Waals surface area contributed by atoms with E-state index in [1.165, 1.54) is 10.3 Å². The third-order valence-corrected chi connectivity index (χ3v) is 4.52. The second kappa shape index (κ2) is 9.68. The molecule has 0 unspecified atom stereocenters. The molecule has 3 aromatic rings. The molecule has 2 heterocycles. The van der Waals surface area contributed by atoms with Crippen molar-refractivity contribution in [2.24, 2.45) is 4.99 Å². The van der Waals surface area contributed by atoms with Crippen LogP contribution in [0.4, 0.5) is 0 Å². The smallest absolute Gasteiger partial charge is 0.191 e. The van der Waals surface area contributed by atoms with E-state index in [9.17, 15) is 0 Å². The summed E-state index contributed by atoms with van der Waals surface area (Å²) in [5.74, 6) is 0.864. The molecule has 0 spiro atoms. The molecule has 2 aromatic heterocycles. The Labute approximate surface area is 163 Å². The minimum atomic E-state index is 0. The first kappa shape index (κ1) is 18.8. The van der Waals surface area contributed by atoms with Crippen molar-refractivity contribution < 1.29 is 0 Å². The molecule has 3 N–H and O–H groups in total. The topological polar surface area (TPSA) is 52.2 Å². The van der Waals surface area contributed by atoms with Crippen molar-refractivity contribution in [3.05, 3.63) is 58.4 Å². The van der Waals surface area contributed by atoms with E-state index < -0.39 is 0 Å². The van der Waals surface area contributed by atoms with E-state index in [-0.39, 0.29) is 24.0 Å². The zero-order valence-electron chi connectivity index (χ0n) is 13.7. The summed E-state index contributed by atoms with van der Waals surface area (Å²) >= 11 is 1.80. The highest BCUT2D eigenvalue weighted by Crippen LogP contribution is 2.15. The molecule has 1 aromatic carbocycles. The molecule has 0 atom stereocenters. The highest BCUT2D eigenvalue weighted by atomic mass is 127. The minimum absolute atomic E-state index is 0. The van der Waals surface area contributed by atoms with Crippen LogP contribution in [0.1, 0.15) is 17.5 Å². The lowest BCUT2D eigenvalue weighted by atomic mass is 10.2. The van der Waals surface area contributed by atoms with Crippen LogP contribution in [-0.2, 0) is 13.0 Å². The summed E-state index contributed by atoms with van der Waals surface area (Å²) in [6.45, 7) is 4.47. The molecule has 0 saturated heterocycles. The minimum Gasteiger partial charge on any atom is -0.357 e. The van der Waals surface area contributed by atoms with Crippen LogP contribution >= 0.6 is 35.3 Å². The molecular weight excluding hydrogens is 431 g/mol. The average Bonchev–Trinajstić information content (AvgIpc) is 3.21. The number of H-pyrrole nitrogens is 1. The molecule has 0 amide bonds. The average molecular weight is 454 g/mol. The first-order valence-corrected chi connectivity index (χ1v) is 8.84. The molecule has 0 aliphatic carbocycles. The highest BCUT2D eigenvalue weighted by molar-refractivity contribution is 14.0. The van der Waals surface area contributed by atoms with Crippen LogP contribution in [-0.4, -0.2) is 24.0 Å². The van der Waals surface area contributed by atoms with Gasteiger partial charge in [-0.3, -0.25) is 0 Å². The van der Waals surface area contributed by atoms with Crippen molar-refractivity contribution in [1.29, 1.82) is 0 Å². The van der Waals surface area contributed by atoms with Crippen LogP contribution in [0, 0.1) is 0 Å². The van der Waals surface area contributed by atoms with Gasteiger partial charge in [-0.2, -0.15) is 0 Å². The van der Waals surface area contributed by atoms with Gasteiger partial charge in [-0.15, -0.1) is 35.3 Å². The third-order valence-electron chi connectivity index (χ3n) is 3.58. The number of aromatic nitrogens is 1. The summed E-state index contributed by atoms with van der Waals surface area (Å²) in [7, 11) is 0. The standard InChI is InChI=1S/C18H22N4S.HI/c1-2-19-18(20-10-9-16-7-5-11-23-16)21-13-15-12-14-6-3-4-8-17(14)22-15;/h3-8,11-12,22H,2,9-10,13H2,1H3,(H2,19,20,21);1H. The summed E-state index contributed by atoms with van der Waals surface area (Å²) in [5, 5.41) is 10.0. The number of halogens is 1. The number of hydrogen-bond acceptors (Lipinski definition) is 2. The Hall–Kier alpha value is -1.54. The molecule has 0 bridgehead atoms. The number of aromatic amines is 1. The van der Waals surface area contributed by atoms with Gasteiger partial charge in [0.25, 0.3) is 0 Å². The Kier molecular flexibility index (Phi) is 7.58. The summed E-state index contributed by atoms with van der Waals surface area (Å²) in [5.41, 5.74) is 2.29. The lowest BCUT2D eigenvalue weighted by Gasteiger charge is -2.10. The first-order chi connectivity index (χ1) is 11.3. The molecule has 128 valence electrons. The number of thiophene rings is 1. The van der Waals surface area contributed by atoms with Crippen LogP contribution in [0.3, 0.4) is 0 Å². The molecule has 0 fully saturated rings. The number of benzene rings is 1. The maximum absolute atomic E-state index is 4.66. The molecule has 4 nitrogen and oxygen atoms in total. The van der Waals surface area contributed by atoms with Crippen molar-refractivity contribution in [3.63, 3.8) is 0 Å². The predicted molar refractivity (Wildman–Crippen MR) is 115 cm³/mol. The van der Waals surface area contributed by atoms with Gasteiger partial charge in [0.05, 0.1) is 6.54 Å². The van der Waals surface area contributed by atoms with Gasteiger partial charge >= 0.3 is 0 Å². The molecule has 0 aliphatic rings. The van der Waals surface area contributed by atoms with Gasteiger partial charge in [0.15, 0.2) is 5.96 Å². The van der Waals surface area contributed by atoms with Gasteiger partial charge in [-0.1, -0.05) is 24.3 Å². The molecule has 3 rings (SSSR count). The quantitative estimate of drug-likeness (QED) is 0.298. The highest BCUT2D eigenvalue weighted by Gasteiger charge is 2.01. The SMILES string of the molecule is CCNC(=NCc1cc2ccccc2[nH]1)NCCc1cccs1.I. The Morgan fingerprint density at radius 3 is 2.79 bits per heavy atom. The largest absolute Gasteiger partial charge is 0.357 e. The van der Waals surface area contributed by atoms with E-state index in [0.717, 1.165) is 36.7 Å². The van der Waals surface area contributed by atoms with Crippen LogP contribution in [0.15, 0.2) is 52.8 Å². The number of para-hydroxylation sites is 1. The molecule has 0 aliphatic heterocycles. The van der Waals surface area contributed by atoms with Gasteiger partial charge in [-0.05, 0) is 42.3 Å². The van der Waals surface area contributed by atoms with Gasteiger partial charge in [-0.25, -0.2) is 4.99 Å². The summed E-state index contributed by atoms with van der Waals surface area (Å²) < 4.78 is 0. The molecule has 24 heavy (non-hydrogen) atoms. The number of guanidine groups is 1. The van der Waals surface area contributed by atoms with E-state index in [1.807, 2.05) is 6.07 Å². The number of hydrogen-bond donors (Lipinski definition) is 3. The predicted octanol–water partition coefficient (Wildman–Crippen LogP) is 4.15. The lowest BCUT2D eigenvalue weighted by Crippen LogP contribution is -2.38. The van der Waals surface area contributed by atoms with Crippen molar-refractivity contribution in [2.45, 2.75) is 19.9 Å². The number of nitrogens with zero attached hydrogens (tertiary/aromatic N) is 1. The number of nitrogens with one attached hydrogen (secondary N) is 3. The summed E-state index contributed by atoms with van der Waals surface area (Å²) in [4.78, 5) is 9.47. The lowest BCUT2D eigenvalue weighted by molar-refractivity contribution is 0.802. The second-order valence-corrected chi connectivity index (χ2v) is 6.37. The van der Waals surface area contributed by atoms with Crippen LogP contribution in [0.2, 0.25) is 0 Å². The molecule has 0 saturated carbocycles. The fourth-order valence-electron chi connectivity index (χ4n) is 2.48. The summed E-state index contributed by atoms with van der Waals surface area (Å²) in [6, 6.07) is 14.7. The summed E-state index contributed by atoms with van der Waals surface area (Å²) in [6.07, 6.45) is 1.02. The normalized spacial score (nSPS) is 11.3. The zero-order chi connectivity index (χ0) is 15.9. The molecule has 6 heteroatoms. The Balaban J connectivity index is 0.00000208. The van der Waals surface area contributed by atoms with Gasteiger partial charge < -0.3 is 15.6 Å². The third kappa shape index (κ3) is 5.24. The van der Waals surface area contributed by atoms with E-state index in [4.69, 9.17) is 0 Å². The van der Waals surface area contributed by atoms with E-state index in [2.05, 4.69) is 69.3 Å². The number of fused-ring (bicyclic) bond motifs is 1. The van der Waals surface area contributed by atoms with E-state index in [0.29, 0.717) is 6.54 Å². The van der Waals surface area contributed by atoms with Crippen LogP contribution in [0.25, 0.3) is 10.9 Å². The van der Waals surface area contributed by atoms with Crippen molar-refractivity contribution in [1.82, 2.24) is 15.6 Å². The van der Waals surface area contributed by atoms with Crippen molar-refractivity contribution in [3.8, 4) is 0 Å². The molecular formula is C18H23IN4S. The maximum Gasteiger partial charge on any atom is 0.191 e. The fraction of sp³-hybridized carbons (Fsp3) is 0.278. The maximum atomic E-state index is 4.66. The Morgan fingerprint density at radius 1 is 1.17 bits per heavy atom. The molecule has 0 radical (unpaired) electrons. The monoisotopic (exact) mass is 454 g/mol. The fourth-order valence-corrected chi connectivity index (χ4v) is 3.19. The van der Waals surface area contributed by atoms with Crippen molar-refractivity contribution >= 4 is 52.2 Å². The van der Waals surface area contributed by atoms with Crippen molar-refractivity contribution in [2.75, 3.05) is 13.1 Å². The van der Waals surface area contributed by atoms with Crippen LogP contribution < -0.4 is 10.6 Å². The van der Waals surface area contributed by atoms with Crippen LogP contribution in [0.5, 0.6) is 0 Å². The first-order valence-electron chi connectivity index (χ1n) is 7.96. The van der Waals surface area contributed by atoms with E-state index in [1.54, 1.807) is 11.3 Å².